The molecule has 2 aliphatic heterocycles. The Labute approximate surface area is 276 Å². The largest absolute Gasteiger partial charge is 0.311 e. The van der Waals surface area contributed by atoms with Crippen molar-refractivity contribution in [3.8, 4) is 33.4 Å². The Kier molecular flexibility index (Phi) is 5.90. The van der Waals surface area contributed by atoms with Gasteiger partial charge in [0.05, 0.1) is 0 Å². The SMILES string of the molecule is Cc1ccc(N(c2ccc(C)cc2)c2ccc(-c3cccc4c3-c3ccccc3S43(=O)c4ccccc4-c4ccccc43)cc2)cc1. The van der Waals surface area contributed by atoms with Gasteiger partial charge in [-0.15, -0.1) is 0 Å². The lowest BCUT2D eigenvalue weighted by Gasteiger charge is -2.38. The molecule has 7 aromatic carbocycles. The lowest BCUT2D eigenvalue weighted by molar-refractivity contribution is 0.658. The summed E-state index contributed by atoms with van der Waals surface area (Å²) in [5.41, 5.74) is 12.2. The zero-order valence-electron chi connectivity index (χ0n) is 26.4. The second kappa shape index (κ2) is 9.99. The average Bonchev–Trinajstić information content (AvgIpc) is 3.51. The molecule has 0 bridgehead atoms. The van der Waals surface area contributed by atoms with Crippen LogP contribution in [0.15, 0.2) is 183 Å². The maximum atomic E-state index is 16.8. The normalized spacial score (nSPS) is 15.1. The first-order chi connectivity index (χ1) is 23.0. The topological polar surface area (TPSA) is 20.3 Å². The van der Waals surface area contributed by atoms with Crippen LogP contribution in [0.2, 0.25) is 0 Å². The summed E-state index contributed by atoms with van der Waals surface area (Å²) in [6, 6.07) is 57.5. The third-order valence-corrected chi connectivity index (χ3v) is 14.7. The maximum absolute atomic E-state index is 16.8. The van der Waals surface area contributed by atoms with Gasteiger partial charge in [0, 0.05) is 51.3 Å². The van der Waals surface area contributed by atoms with Gasteiger partial charge in [-0.2, -0.15) is 0 Å². The summed E-state index contributed by atoms with van der Waals surface area (Å²) in [6.07, 6.45) is 0. The molecule has 0 saturated heterocycles. The van der Waals surface area contributed by atoms with Crippen LogP contribution in [0.3, 0.4) is 0 Å². The Morgan fingerprint density at radius 1 is 0.383 bits per heavy atom. The van der Waals surface area contributed by atoms with Gasteiger partial charge in [0.25, 0.3) is 0 Å². The van der Waals surface area contributed by atoms with E-state index in [2.05, 4.69) is 164 Å². The van der Waals surface area contributed by atoms with Crippen molar-refractivity contribution >= 4 is 26.1 Å². The quantitative estimate of drug-likeness (QED) is 0.194. The summed E-state index contributed by atoms with van der Waals surface area (Å²) in [5.74, 6) is 0. The molecule has 2 heterocycles. The third kappa shape index (κ3) is 3.69. The van der Waals surface area contributed by atoms with Crippen LogP contribution in [0.25, 0.3) is 33.4 Å². The van der Waals surface area contributed by atoms with Crippen molar-refractivity contribution in [2.75, 3.05) is 4.90 Å². The molecular weight excluding hydrogens is 591 g/mol. The van der Waals surface area contributed by atoms with Crippen molar-refractivity contribution in [3.63, 3.8) is 0 Å². The highest BCUT2D eigenvalue weighted by atomic mass is 32.3. The fourth-order valence-corrected chi connectivity index (χ4v) is 12.9. The first kappa shape index (κ1) is 27.8. The van der Waals surface area contributed by atoms with E-state index in [4.69, 9.17) is 0 Å². The minimum Gasteiger partial charge on any atom is -0.311 e. The minimum absolute atomic E-state index is 0.906. The molecule has 0 saturated carbocycles. The van der Waals surface area contributed by atoms with Crippen LogP contribution in [0.1, 0.15) is 11.1 Å². The summed E-state index contributed by atoms with van der Waals surface area (Å²) in [7, 11) is -3.87. The summed E-state index contributed by atoms with van der Waals surface area (Å²) in [4.78, 5) is 5.94. The van der Waals surface area contributed by atoms with Gasteiger partial charge >= 0.3 is 0 Å². The fraction of sp³-hybridized carbons (Fsp3) is 0.0455. The number of hydrogen-bond acceptors (Lipinski definition) is 2. The molecule has 2 nitrogen and oxygen atoms in total. The van der Waals surface area contributed by atoms with E-state index in [0.29, 0.717) is 0 Å². The molecular formula is C44H33NOS. The predicted molar refractivity (Wildman–Crippen MR) is 195 cm³/mol. The maximum Gasteiger partial charge on any atom is 0.0462 e. The van der Waals surface area contributed by atoms with Crippen LogP contribution in [-0.4, -0.2) is 4.21 Å². The van der Waals surface area contributed by atoms with Gasteiger partial charge in [0.2, 0.25) is 0 Å². The van der Waals surface area contributed by atoms with Crippen LogP contribution >= 0.6 is 0 Å². The molecule has 2 aliphatic rings. The minimum atomic E-state index is -3.87. The lowest BCUT2D eigenvalue weighted by Crippen LogP contribution is -2.30. The first-order valence-corrected chi connectivity index (χ1v) is 18.1. The second-order valence-electron chi connectivity index (χ2n) is 12.7. The van der Waals surface area contributed by atoms with Crippen LogP contribution in [0.4, 0.5) is 17.1 Å². The van der Waals surface area contributed by atoms with Crippen molar-refractivity contribution in [1.29, 1.82) is 0 Å². The number of nitrogens with zero attached hydrogens (tertiary/aromatic N) is 1. The Bertz CT molecular complexity index is 2330. The second-order valence-corrected chi connectivity index (χ2v) is 16.3. The van der Waals surface area contributed by atoms with Gasteiger partial charge in [0.15, 0.2) is 0 Å². The molecule has 47 heavy (non-hydrogen) atoms. The van der Waals surface area contributed by atoms with Crippen LogP contribution < -0.4 is 4.90 Å². The Morgan fingerprint density at radius 3 is 1.28 bits per heavy atom. The van der Waals surface area contributed by atoms with Gasteiger partial charge in [0.1, 0.15) is 0 Å². The molecule has 0 aromatic heterocycles. The van der Waals surface area contributed by atoms with E-state index >= 15 is 4.21 Å². The zero-order chi connectivity index (χ0) is 31.8. The summed E-state index contributed by atoms with van der Waals surface area (Å²) in [6.45, 7) is 4.23. The molecule has 0 aliphatic carbocycles. The molecule has 0 N–H and O–H groups in total. The van der Waals surface area contributed by atoms with Crippen molar-refractivity contribution in [2.45, 2.75) is 33.4 Å². The summed E-state index contributed by atoms with van der Waals surface area (Å²) in [5, 5.41) is 0. The van der Waals surface area contributed by atoms with E-state index in [0.717, 1.165) is 70.0 Å². The van der Waals surface area contributed by atoms with Gasteiger partial charge in [-0.1, -0.05) is 114 Å². The summed E-state index contributed by atoms with van der Waals surface area (Å²) >= 11 is 0. The number of hydrogen-bond donors (Lipinski definition) is 0. The lowest BCUT2D eigenvalue weighted by atomic mass is 9.94. The van der Waals surface area contributed by atoms with Crippen molar-refractivity contribution in [2.24, 2.45) is 0 Å². The van der Waals surface area contributed by atoms with Gasteiger partial charge in [-0.3, -0.25) is 4.21 Å². The van der Waals surface area contributed by atoms with E-state index in [1.54, 1.807) is 0 Å². The van der Waals surface area contributed by atoms with E-state index in [1.807, 2.05) is 18.2 Å². The highest BCUT2D eigenvalue weighted by molar-refractivity contribution is 8.21. The van der Waals surface area contributed by atoms with E-state index < -0.39 is 9.07 Å². The molecule has 0 amide bonds. The molecule has 7 aromatic rings. The molecule has 9 rings (SSSR count). The zero-order valence-corrected chi connectivity index (χ0v) is 27.2. The van der Waals surface area contributed by atoms with Gasteiger partial charge in [-0.05, 0) is 102 Å². The smallest absolute Gasteiger partial charge is 0.0462 e. The molecule has 3 heteroatoms. The third-order valence-electron chi connectivity index (χ3n) is 9.95. The first-order valence-electron chi connectivity index (χ1n) is 16.1. The fourth-order valence-electron chi connectivity index (χ4n) is 7.78. The highest BCUT2D eigenvalue weighted by Gasteiger charge is 2.57. The summed E-state index contributed by atoms with van der Waals surface area (Å²) < 4.78 is 16.8. The van der Waals surface area contributed by atoms with Crippen molar-refractivity contribution in [1.82, 2.24) is 0 Å². The van der Waals surface area contributed by atoms with E-state index in [9.17, 15) is 0 Å². The van der Waals surface area contributed by atoms with Crippen LogP contribution in [-0.2, 0) is 9.07 Å². The number of fused-ring (bicyclic) bond motifs is 10. The number of anilines is 3. The Balaban J connectivity index is 1.25. The molecule has 226 valence electrons. The number of benzene rings is 7. The Hall–Kier alpha value is -5.51. The molecule has 0 atom stereocenters. The van der Waals surface area contributed by atoms with Crippen LogP contribution in [0.5, 0.6) is 0 Å². The van der Waals surface area contributed by atoms with E-state index in [1.165, 1.54) is 11.1 Å². The van der Waals surface area contributed by atoms with Crippen LogP contribution in [0, 0.1) is 13.8 Å². The monoisotopic (exact) mass is 623 g/mol. The average molecular weight is 624 g/mol. The molecule has 0 fully saturated rings. The molecule has 0 unspecified atom stereocenters. The van der Waals surface area contributed by atoms with Crippen molar-refractivity contribution < 1.29 is 4.21 Å². The Morgan fingerprint density at radius 2 is 0.766 bits per heavy atom. The number of rotatable bonds is 4. The van der Waals surface area contributed by atoms with Gasteiger partial charge in [-0.25, -0.2) is 0 Å². The van der Waals surface area contributed by atoms with Crippen molar-refractivity contribution in [3.05, 3.63) is 175 Å². The van der Waals surface area contributed by atoms with Gasteiger partial charge < -0.3 is 4.90 Å². The predicted octanol–water partition coefficient (Wildman–Crippen LogP) is 11.8. The molecule has 1 spiro atoms. The molecule has 0 radical (unpaired) electrons. The van der Waals surface area contributed by atoms with E-state index in [-0.39, 0.29) is 0 Å². The number of aryl methyl sites for hydroxylation is 2. The standard InChI is InChI=1S/C44H33NOS/c1-30-18-24-33(25-19-30)45(34-26-20-31(2)21-27-34)35-28-22-32(23-29-35)36-13-9-17-43-44(36)39-12-5-8-16-42(39)47(43,46)40-14-6-3-10-37(40)38-11-4-7-15-41(38)47/h3-29H,1-2H3. The highest BCUT2D eigenvalue weighted by Crippen LogP contribution is 2.71.